The summed E-state index contributed by atoms with van der Waals surface area (Å²) in [6.07, 6.45) is -0.244. The number of amides is 2. The average molecular weight is 505 g/mol. The molecule has 0 saturated carbocycles. The van der Waals surface area contributed by atoms with Gasteiger partial charge < -0.3 is 25.2 Å². The topological polar surface area (TPSA) is 157 Å². The van der Waals surface area contributed by atoms with Crippen molar-refractivity contribution in [2.24, 2.45) is 0 Å². The standard InChI is InChI=1S/C26H23N3O8/c1-36-26(33)20-12-16-5-10-22(21(13-16)29(34)35)37-19-4-2-3-15(11-19)14-23(31)28-24(25(32)27-20)17-6-8-18(30)9-7-17/h2-11,13,20,24,30H,12,14H2,1H3,(H,27,32)(H,28,31)/t20-,24+/m0/s1. The summed E-state index contributed by atoms with van der Waals surface area (Å²) in [7, 11) is 1.15. The van der Waals surface area contributed by atoms with Crippen LogP contribution in [0.3, 0.4) is 0 Å². The Morgan fingerprint density at radius 2 is 1.81 bits per heavy atom. The average Bonchev–Trinajstić information content (AvgIpc) is 2.87. The number of phenolic OH excluding ortho intramolecular Hbond substituents is 1. The molecule has 3 aromatic carbocycles. The first-order chi connectivity index (χ1) is 17.7. The van der Waals surface area contributed by atoms with E-state index in [2.05, 4.69) is 10.6 Å². The zero-order chi connectivity index (χ0) is 26.5. The summed E-state index contributed by atoms with van der Waals surface area (Å²) in [4.78, 5) is 50.0. The van der Waals surface area contributed by atoms with Gasteiger partial charge in [0.25, 0.3) is 0 Å². The Morgan fingerprint density at radius 3 is 2.51 bits per heavy atom. The lowest BCUT2D eigenvalue weighted by molar-refractivity contribution is -0.385. The molecule has 3 N–H and O–H groups in total. The van der Waals surface area contributed by atoms with Crippen LogP contribution >= 0.6 is 0 Å². The van der Waals surface area contributed by atoms with E-state index in [1.165, 1.54) is 36.4 Å². The molecule has 0 aromatic heterocycles. The van der Waals surface area contributed by atoms with Crippen LogP contribution in [0.4, 0.5) is 5.69 Å². The van der Waals surface area contributed by atoms with Gasteiger partial charge in [-0.3, -0.25) is 19.7 Å². The van der Waals surface area contributed by atoms with E-state index < -0.39 is 34.8 Å². The van der Waals surface area contributed by atoms with Crippen LogP contribution in [0.2, 0.25) is 0 Å². The quantitative estimate of drug-likeness (QED) is 0.279. The first-order valence-electron chi connectivity index (χ1n) is 11.2. The van der Waals surface area contributed by atoms with Crippen molar-refractivity contribution < 1.29 is 33.9 Å². The van der Waals surface area contributed by atoms with Crippen LogP contribution in [0.25, 0.3) is 0 Å². The number of rotatable bonds is 3. The molecule has 190 valence electrons. The highest BCUT2D eigenvalue weighted by molar-refractivity contribution is 5.92. The van der Waals surface area contributed by atoms with E-state index in [9.17, 15) is 29.6 Å². The summed E-state index contributed by atoms with van der Waals surface area (Å²) in [5, 5.41) is 26.7. The molecule has 11 heteroatoms. The summed E-state index contributed by atoms with van der Waals surface area (Å²) in [5.41, 5.74) is 0.953. The molecule has 5 rings (SSSR count). The molecular formula is C26H23N3O8. The van der Waals surface area contributed by atoms with Crippen molar-refractivity contribution >= 4 is 23.5 Å². The minimum absolute atomic E-state index is 0.0199. The lowest BCUT2D eigenvalue weighted by Crippen LogP contribution is -2.48. The molecule has 2 amide bonds. The molecule has 11 nitrogen and oxygen atoms in total. The number of nitrogens with one attached hydrogen (secondary N) is 2. The number of carbonyl (C=O) groups is 3. The van der Waals surface area contributed by atoms with Crippen LogP contribution in [-0.4, -0.2) is 41.0 Å². The lowest BCUT2D eigenvalue weighted by atomic mass is 10.0. The Morgan fingerprint density at radius 1 is 1.05 bits per heavy atom. The molecule has 0 spiro atoms. The second-order valence-corrected chi connectivity index (χ2v) is 8.37. The second-order valence-electron chi connectivity index (χ2n) is 8.37. The maximum absolute atomic E-state index is 13.4. The monoisotopic (exact) mass is 505 g/mol. The third-order valence-electron chi connectivity index (χ3n) is 5.75. The molecule has 3 aromatic rings. The third kappa shape index (κ3) is 6.01. The Kier molecular flexibility index (Phi) is 7.33. The highest BCUT2D eigenvalue weighted by Gasteiger charge is 2.30. The van der Waals surface area contributed by atoms with Gasteiger partial charge in [0.15, 0.2) is 0 Å². The maximum atomic E-state index is 13.4. The summed E-state index contributed by atoms with van der Waals surface area (Å²) < 4.78 is 10.6. The van der Waals surface area contributed by atoms with Crippen LogP contribution in [-0.2, 0) is 32.0 Å². The van der Waals surface area contributed by atoms with E-state index in [1.807, 2.05) is 0 Å². The van der Waals surface area contributed by atoms with E-state index >= 15 is 0 Å². The largest absolute Gasteiger partial charge is 0.508 e. The summed E-state index contributed by atoms with van der Waals surface area (Å²) >= 11 is 0. The lowest BCUT2D eigenvalue weighted by Gasteiger charge is -2.23. The van der Waals surface area contributed by atoms with Gasteiger partial charge in [0.05, 0.1) is 18.5 Å². The molecule has 0 radical (unpaired) electrons. The summed E-state index contributed by atoms with van der Waals surface area (Å²) in [6, 6.07) is 14.0. The van der Waals surface area contributed by atoms with Crippen molar-refractivity contribution in [3.05, 3.63) is 93.5 Å². The van der Waals surface area contributed by atoms with E-state index in [0.29, 0.717) is 16.7 Å². The molecule has 2 aliphatic rings. The van der Waals surface area contributed by atoms with Gasteiger partial charge in [-0.25, -0.2) is 4.79 Å². The fourth-order valence-electron chi connectivity index (χ4n) is 3.96. The Bertz CT molecular complexity index is 1360. The number of phenols is 1. The predicted octanol–water partition coefficient (Wildman–Crippen LogP) is 2.71. The van der Waals surface area contributed by atoms with Crippen molar-refractivity contribution in [2.45, 2.75) is 24.9 Å². The van der Waals surface area contributed by atoms with Crippen LogP contribution in [0.15, 0.2) is 66.7 Å². The van der Waals surface area contributed by atoms with Crippen LogP contribution in [0.1, 0.15) is 22.7 Å². The van der Waals surface area contributed by atoms with Crippen molar-refractivity contribution in [1.29, 1.82) is 0 Å². The Labute approximate surface area is 211 Å². The molecule has 0 aliphatic carbocycles. The maximum Gasteiger partial charge on any atom is 0.328 e. The van der Waals surface area contributed by atoms with Gasteiger partial charge >= 0.3 is 11.7 Å². The number of methoxy groups -OCH3 is 1. The first kappa shape index (κ1) is 25.2. The number of hydrogen-bond donors (Lipinski definition) is 3. The molecule has 2 atom stereocenters. The molecule has 0 saturated heterocycles. The van der Waals surface area contributed by atoms with Crippen molar-refractivity contribution in [2.75, 3.05) is 7.11 Å². The van der Waals surface area contributed by atoms with Crippen LogP contribution < -0.4 is 15.4 Å². The third-order valence-corrected chi connectivity index (χ3v) is 5.75. The number of benzene rings is 3. The number of fused-ring (bicyclic) bond motifs is 9. The van der Waals surface area contributed by atoms with Gasteiger partial charge in [0.1, 0.15) is 23.6 Å². The smallest absolute Gasteiger partial charge is 0.328 e. The second kappa shape index (κ2) is 10.8. The van der Waals surface area contributed by atoms with Gasteiger partial charge in [-0.1, -0.05) is 30.3 Å². The van der Waals surface area contributed by atoms with Crippen molar-refractivity contribution in [1.82, 2.24) is 10.6 Å². The van der Waals surface area contributed by atoms with Gasteiger partial charge in [0, 0.05) is 12.5 Å². The highest BCUT2D eigenvalue weighted by Crippen LogP contribution is 2.33. The number of carbonyl (C=O) groups excluding carboxylic acids is 3. The Hall–Kier alpha value is -4.93. The van der Waals surface area contributed by atoms with Crippen LogP contribution in [0, 0.1) is 10.1 Å². The molecule has 2 heterocycles. The minimum atomic E-state index is -1.21. The van der Waals surface area contributed by atoms with Crippen LogP contribution in [0.5, 0.6) is 17.2 Å². The fraction of sp³-hybridized carbons (Fsp3) is 0.192. The molecular weight excluding hydrogens is 482 g/mol. The SMILES string of the molecule is COC(=O)[C@@H]1Cc2ccc(c([N+](=O)[O-])c2)Oc2cccc(c2)CC(=O)N[C@H](c2ccc(O)cc2)C(=O)N1. The Balaban J connectivity index is 1.79. The number of esters is 1. The van der Waals surface area contributed by atoms with E-state index in [1.54, 1.807) is 30.3 Å². The van der Waals surface area contributed by atoms with Crippen molar-refractivity contribution in [3.8, 4) is 17.2 Å². The number of nitro groups is 1. The van der Waals surface area contributed by atoms with E-state index in [0.717, 1.165) is 7.11 Å². The number of nitro benzene ring substituents is 1. The predicted molar refractivity (Wildman–Crippen MR) is 130 cm³/mol. The van der Waals surface area contributed by atoms with E-state index in [4.69, 9.17) is 9.47 Å². The number of hydrogen-bond acceptors (Lipinski definition) is 8. The fourth-order valence-corrected chi connectivity index (χ4v) is 3.96. The zero-order valence-electron chi connectivity index (χ0n) is 19.7. The van der Waals surface area contributed by atoms with Crippen molar-refractivity contribution in [3.63, 3.8) is 0 Å². The van der Waals surface area contributed by atoms with Gasteiger partial charge in [-0.05, 0) is 47.0 Å². The summed E-state index contributed by atoms with van der Waals surface area (Å²) in [5.74, 6) is -1.74. The minimum Gasteiger partial charge on any atom is -0.508 e. The van der Waals surface area contributed by atoms with Gasteiger partial charge in [0.2, 0.25) is 17.6 Å². The number of nitrogens with zero attached hydrogens (tertiary/aromatic N) is 1. The van der Waals surface area contributed by atoms with Gasteiger partial charge in [-0.2, -0.15) is 0 Å². The normalized spacial score (nSPS) is 17.8. The molecule has 0 fully saturated rings. The number of ether oxygens (including phenoxy) is 2. The molecule has 0 unspecified atom stereocenters. The molecule has 2 aliphatic heterocycles. The first-order valence-corrected chi connectivity index (χ1v) is 11.2. The molecule has 37 heavy (non-hydrogen) atoms. The van der Waals surface area contributed by atoms with Gasteiger partial charge in [-0.15, -0.1) is 0 Å². The van der Waals surface area contributed by atoms with E-state index in [-0.39, 0.29) is 35.8 Å². The zero-order valence-corrected chi connectivity index (χ0v) is 19.7. The summed E-state index contributed by atoms with van der Waals surface area (Å²) in [6.45, 7) is 0. The highest BCUT2D eigenvalue weighted by atomic mass is 16.6. The number of aromatic hydroxyl groups is 1. The molecule has 4 bridgehead atoms.